The third-order valence-corrected chi connectivity index (χ3v) is 7.03. The van der Waals surface area contributed by atoms with Crippen LogP contribution in [0.1, 0.15) is 10.4 Å². The molecule has 1 N–H and O–H groups in total. The smallest absolute Gasteiger partial charge is 0.272 e. The first-order chi connectivity index (χ1) is 12.5. The first kappa shape index (κ1) is 17.1. The van der Waals surface area contributed by atoms with E-state index in [2.05, 4.69) is 20.4 Å². The van der Waals surface area contributed by atoms with E-state index in [0.717, 1.165) is 30.4 Å². The van der Waals surface area contributed by atoms with Gasteiger partial charge in [-0.3, -0.25) is 15.0 Å². The predicted octanol–water partition coefficient (Wildman–Crippen LogP) is 2.94. The van der Waals surface area contributed by atoms with E-state index >= 15 is 0 Å². The number of hydrogen-bond donors (Lipinski definition) is 1. The molecule has 0 unspecified atom stereocenters. The van der Waals surface area contributed by atoms with Crippen molar-refractivity contribution in [2.24, 2.45) is 0 Å². The normalized spacial score (nSPS) is 11.3. The fourth-order valence-electron chi connectivity index (χ4n) is 2.48. The molecular formula is C16H13N5O2S3. The van der Waals surface area contributed by atoms with Crippen LogP contribution in [-0.4, -0.2) is 31.3 Å². The molecule has 132 valence electrons. The quantitative estimate of drug-likeness (QED) is 0.416. The Morgan fingerprint density at radius 1 is 1.31 bits per heavy atom. The molecule has 0 aliphatic heterocycles. The zero-order valence-corrected chi connectivity index (χ0v) is 16.3. The van der Waals surface area contributed by atoms with Crippen LogP contribution in [0.25, 0.3) is 20.4 Å². The molecule has 7 nitrogen and oxygen atoms in total. The summed E-state index contributed by atoms with van der Waals surface area (Å²) in [5, 5.41) is 3.25. The van der Waals surface area contributed by atoms with E-state index in [1.807, 2.05) is 25.3 Å². The number of nitrogens with one attached hydrogen (secondary N) is 1. The van der Waals surface area contributed by atoms with Crippen LogP contribution in [-0.2, 0) is 4.79 Å². The minimum atomic E-state index is -0.300. The molecule has 0 spiro atoms. The van der Waals surface area contributed by atoms with Gasteiger partial charge in [0.1, 0.15) is 22.5 Å². The Kier molecular flexibility index (Phi) is 4.47. The molecule has 4 rings (SSSR count). The van der Waals surface area contributed by atoms with Gasteiger partial charge in [-0.2, -0.15) is 0 Å². The number of thioether (sulfide) groups is 1. The first-order valence-electron chi connectivity index (χ1n) is 7.63. The Morgan fingerprint density at radius 3 is 3.00 bits per heavy atom. The zero-order chi connectivity index (χ0) is 18.3. The van der Waals surface area contributed by atoms with E-state index in [1.165, 1.54) is 47.1 Å². The van der Waals surface area contributed by atoms with Crippen molar-refractivity contribution < 1.29 is 4.79 Å². The van der Waals surface area contributed by atoms with Crippen LogP contribution in [0, 0.1) is 13.8 Å². The number of aromatic nitrogens is 4. The van der Waals surface area contributed by atoms with Crippen LogP contribution < -0.4 is 11.0 Å². The highest BCUT2D eigenvalue weighted by molar-refractivity contribution is 8.00. The first-order valence-corrected chi connectivity index (χ1v) is 10.3. The summed E-state index contributed by atoms with van der Waals surface area (Å²) >= 11 is 4.32. The second-order valence-corrected chi connectivity index (χ2v) is 8.60. The topological polar surface area (TPSA) is 89.8 Å². The Bertz CT molecular complexity index is 1190. The van der Waals surface area contributed by atoms with Crippen LogP contribution >= 0.6 is 34.4 Å². The second kappa shape index (κ2) is 6.78. The lowest BCUT2D eigenvalue weighted by atomic mass is 10.2. The lowest BCUT2D eigenvalue weighted by molar-refractivity contribution is -0.114. The van der Waals surface area contributed by atoms with E-state index in [1.54, 1.807) is 0 Å². The molecule has 10 heteroatoms. The molecule has 0 saturated heterocycles. The number of rotatable bonds is 4. The van der Waals surface area contributed by atoms with Crippen LogP contribution in [0.5, 0.6) is 0 Å². The average molecular weight is 404 g/mol. The zero-order valence-electron chi connectivity index (χ0n) is 13.8. The van der Waals surface area contributed by atoms with E-state index in [9.17, 15) is 9.59 Å². The van der Waals surface area contributed by atoms with Crippen LogP contribution in [0.15, 0.2) is 33.9 Å². The van der Waals surface area contributed by atoms with Gasteiger partial charge >= 0.3 is 0 Å². The molecule has 4 heterocycles. The highest BCUT2D eigenvalue weighted by atomic mass is 32.2. The van der Waals surface area contributed by atoms with E-state index in [4.69, 9.17) is 0 Å². The SMILES string of the molecule is Cc1sc2ncn(NC(=O)CSc3ncnc4ccsc34)c(=O)c2c1C. The minimum absolute atomic E-state index is 0.135. The van der Waals surface area contributed by atoms with Gasteiger partial charge in [-0.15, -0.1) is 22.7 Å². The summed E-state index contributed by atoms with van der Waals surface area (Å²) in [6.45, 7) is 3.84. The van der Waals surface area contributed by atoms with Crippen molar-refractivity contribution in [3.8, 4) is 0 Å². The Balaban J connectivity index is 1.52. The number of thiophene rings is 2. The molecule has 0 bridgehead atoms. The van der Waals surface area contributed by atoms with E-state index < -0.39 is 0 Å². The molecule has 4 aromatic rings. The molecule has 0 fully saturated rings. The lowest BCUT2D eigenvalue weighted by Crippen LogP contribution is -2.34. The molecule has 26 heavy (non-hydrogen) atoms. The molecule has 0 aliphatic rings. The molecule has 0 aromatic carbocycles. The van der Waals surface area contributed by atoms with Crippen LogP contribution in [0.4, 0.5) is 0 Å². The van der Waals surface area contributed by atoms with E-state index in [0.29, 0.717) is 10.2 Å². The van der Waals surface area contributed by atoms with Crippen molar-refractivity contribution in [1.29, 1.82) is 0 Å². The maximum absolute atomic E-state index is 12.6. The summed E-state index contributed by atoms with van der Waals surface area (Å²) in [5.74, 6) is -0.165. The van der Waals surface area contributed by atoms with Crippen LogP contribution in [0.2, 0.25) is 0 Å². The summed E-state index contributed by atoms with van der Waals surface area (Å²) in [5.41, 5.74) is 4.10. The summed E-state index contributed by atoms with van der Waals surface area (Å²) in [7, 11) is 0. The van der Waals surface area contributed by atoms with Gasteiger partial charge in [-0.25, -0.2) is 19.6 Å². The van der Waals surface area contributed by atoms with Crippen molar-refractivity contribution in [2.75, 3.05) is 11.2 Å². The number of aryl methyl sites for hydroxylation is 2. The second-order valence-electron chi connectivity index (χ2n) is 5.52. The Hall–Kier alpha value is -2.30. The summed E-state index contributed by atoms with van der Waals surface area (Å²) < 4.78 is 2.10. The van der Waals surface area contributed by atoms with Crippen molar-refractivity contribution in [3.63, 3.8) is 0 Å². The number of amides is 1. The third kappa shape index (κ3) is 3.00. The van der Waals surface area contributed by atoms with Crippen molar-refractivity contribution in [3.05, 3.63) is 44.9 Å². The molecule has 0 atom stereocenters. The molecule has 0 radical (unpaired) electrons. The highest BCUT2D eigenvalue weighted by Gasteiger charge is 2.14. The number of hydrogen-bond acceptors (Lipinski definition) is 8. The van der Waals surface area contributed by atoms with Gasteiger partial charge < -0.3 is 0 Å². The Morgan fingerprint density at radius 2 is 2.15 bits per heavy atom. The van der Waals surface area contributed by atoms with Gasteiger partial charge in [0.05, 0.1) is 21.4 Å². The predicted molar refractivity (Wildman–Crippen MR) is 106 cm³/mol. The van der Waals surface area contributed by atoms with Gasteiger partial charge in [0.15, 0.2) is 0 Å². The fourth-order valence-corrected chi connectivity index (χ4v) is 5.21. The Labute approximate surface area is 160 Å². The van der Waals surface area contributed by atoms with Gasteiger partial charge in [0, 0.05) is 4.88 Å². The number of carbonyl (C=O) groups excluding carboxylic acids is 1. The largest absolute Gasteiger partial charge is 0.281 e. The molecule has 4 aromatic heterocycles. The van der Waals surface area contributed by atoms with Gasteiger partial charge in [0.2, 0.25) is 5.91 Å². The van der Waals surface area contributed by atoms with Crippen molar-refractivity contribution >= 4 is 60.8 Å². The minimum Gasteiger partial charge on any atom is -0.272 e. The monoisotopic (exact) mass is 403 g/mol. The van der Waals surface area contributed by atoms with Gasteiger partial charge in [-0.1, -0.05) is 11.8 Å². The van der Waals surface area contributed by atoms with Crippen molar-refractivity contribution in [1.82, 2.24) is 19.6 Å². The van der Waals surface area contributed by atoms with Gasteiger partial charge in [-0.05, 0) is 30.9 Å². The fraction of sp³-hybridized carbons (Fsp3) is 0.188. The number of nitrogens with zero attached hydrogens (tertiary/aromatic N) is 4. The summed E-state index contributed by atoms with van der Waals surface area (Å²) in [6.07, 6.45) is 2.84. The van der Waals surface area contributed by atoms with Gasteiger partial charge in [0.25, 0.3) is 5.56 Å². The van der Waals surface area contributed by atoms with E-state index in [-0.39, 0.29) is 17.2 Å². The lowest BCUT2D eigenvalue weighted by Gasteiger charge is -2.07. The van der Waals surface area contributed by atoms with Crippen molar-refractivity contribution in [2.45, 2.75) is 18.9 Å². The molecular weight excluding hydrogens is 390 g/mol. The maximum atomic E-state index is 12.6. The standard InChI is InChI=1S/C16H13N5O2S3/c1-8-9(2)26-14-12(8)16(23)21(7-19-14)20-11(22)5-25-15-13-10(3-4-24-13)17-6-18-15/h3-4,6-7H,5H2,1-2H3,(H,20,22). The molecule has 0 aliphatic carbocycles. The molecule has 1 amide bonds. The summed E-state index contributed by atoms with van der Waals surface area (Å²) in [4.78, 5) is 39.3. The summed E-state index contributed by atoms with van der Waals surface area (Å²) in [6, 6.07) is 1.91. The molecule has 0 saturated carbocycles. The number of carbonyl (C=O) groups is 1. The third-order valence-electron chi connectivity index (χ3n) is 3.89. The van der Waals surface area contributed by atoms with Crippen LogP contribution in [0.3, 0.4) is 0 Å². The highest BCUT2D eigenvalue weighted by Crippen LogP contribution is 2.28. The number of fused-ring (bicyclic) bond motifs is 2. The maximum Gasteiger partial charge on any atom is 0.281 e. The average Bonchev–Trinajstić information content (AvgIpc) is 3.21.